The molecular formula is C16H17N7O2. The highest BCUT2D eigenvalue weighted by Crippen LogP contribution is 2.22. The number of aromatic nitrogens is 6. The highest BCUT2D eigenvalue weighted by Gasteiger charge is 2.31. The summed E-state index contributed by atoms with van der Waals surface area (Å²) in [5.41, 5.74) is 1.09. The molecule has 3 aromatic heterocycles. The molecule has 1 saturated heterocycles. The van der Waals surface area contributed by atoms with Crippen LogP contribution in [0.3, 0.4) is 0 Å². The predicted molar refractivity (Wildman–Crippen MR) is 86.9 cm³/mol. The molecule has 1 aliphatic rings. The number of hydrogen-bond acceptors (Lipinski definition) is 6. The van der Waals surface area contributed by atoms with Crippen LogP contribution in [0.2, 0.25) is 0 Å². The number of tetrazole rings is 1. The zero-order chi connectivity index (χ0) is 17.4. The van der Waals surface area contributed by atoms with Crippen LogP contribution >= 0.6 is 0 Å². The number of likely N-dealkylation sites (tertiary alicyclic amines) is 1. The van der Waals surface area contributed by atoms with Crippen molar-refractivity contribution in [3.63, 3.8) is 0 Å². The summed E-state index contributed by atoms with van der Waals surface area (Å²) in [5, 5.41) is 11.2. The summed E-state index contributed by atoms with van der Waals surface area (Å²) in [5.74, 6) is 0.0839. The lowest BCUT2D eigenvalue weighted by molar-refractivity contribution is 0.0632. The van der Waals surface area contributed by atoms with Gasteiger partial charge in [-0.1, -0.05) is 0 Å². The van der Waals surface area contributed by atoms with Crippen molar-refractivity contribution in [2.24, 2.45) is 13.0 Å². The zero-order valence-electron chi connectivity index (χ0n) is 13.7. The van der Waals surface area contributed by atoms with Gasteiger partial charge in [-0.25, -0.2) is 4.98 Å². The SMILES string of the molecule is Cn1ccnc1C(=O)[C@@H]1CCCN(C(=O)c2ccc3nnnn3c2)C1. The molecule has 128 valence electrons. The van der Waals surface area contributed by atoms with Crippen LogP contribution in [-0.2, 0) is 7.05 Å². The number of carbonyl (C=O) groups excluding carboxylic acids is 2. The molecule has 0 aliphatic carbocycles. The first-order valence-electron chi connectivity index (χ1n) is 8.12. The highest BCUT2D eigenvalue weighted by molar-refractivity contribution is 5.97. The van der Waals surface area contributed by atoms with Crippen LogP contribution in [0, 0.1) is 5.92 Å². The number of fused-ring (bicyclic) bond motifs is 1. The normalized spacial score (nSPS) is 17.8. The molecule has 0 N–H and O–H groups in total. The Labute approximate surface area is 143 Å². The first kappa shape index (κ1) is 15.4. The Morgan fingerprint density at radius 1 is 1.28 bits per heavy atom. The average Bonchev–Trinajstić information content (AvgIpc) is 3.28. The number of hydrogen-bond donors (Lipinski definition) is 0. The van der Waals surface area contributed by atoms with Crippen LogP contribution in [0.5, 0.6) is 0 Å². The molecule has 0 unspecified atom stereocenters. The molecule has 25 heavy (non-hydrogen) atoms. The number of Topliss-reactive ketones (excluding diaryl/α,β-unsaturated/α-hetero) is 1. The van der Waals surface area contributed by atoms with Gasteiger partial charge < -0.3 is 9.47 Å². The van der Waals surface area contributed by atoms with Crippen molar-refractivity contribution >= 4 is 17.3 Å². The quantitative estimate of drug-likeness (QED) is 0.648. The molecule has 0 radical (unpaired) electrons. The fraction of sp³-hybridized carbons (Fsp3) is 0.375. The molecular weight excluding hydrogens is 322 g/mol. The van der Waals surface area contributed by atoms with Crippen LogP contribution in [0.15, 0.2) is 30.7 Å². The van der Waals surface area contributed by atoms with Crippen LogP contribution in [0.4, 0.5) is 0 Å². The first-order chi connectivity index (χ1) is 12.1. The van der Waals surface area contributed by atoms with Gasteiger partial charge in [-0.15, -0.1) is 5.10 Å². The lowest BCUT2D eigenvalue weighted by Crippen LogP contribution is -2.42. The molecule has 0 bridgehead atoms. The Bertz CT molecular complexity index is 945. The van der Waals surface area contributed by atoms with Crippen molar-refractivity contribution < 1.29 is 9.59 Å². The van der Waals surface area contributed by atoms with Crippen LogP contribution in [-0.4, -0.2) is 59.3 Å². The fourth-order valence-electron chi connectivity index (χ4n) is 3.21. The minimum Gasteiger partial charge on any atom is -0.338 e. The molecule has 1 amide bonds. The average molecular weight is 339 g/mol. The Morgan fingerprint density at radius 3 is 2.96 bits per heavy atom. The van der Waals surface area contributed by atoms with Crippen molar-refractivity contribution in [1.82, 2.24) is 34.5 Å². The van der Waals surface area contributed by atoms with Gasteiger partial charge in [-0.2, -0.15) is 4.52 Å². The standard InChI is InChI=1S/C16H17N7O2/c1-21-8-6-17-15(21)14(24)11-3-2-7-22(9-11)16(25)12-4-5-13-18-19-20-23(13)10-12/h4-6,8,10-11H,2-3,7,9H2,1H3/t11-/m1/s1. The number of pyridine rings is 1. The van der Waals surface area contributed by atoms with E-state index in [1.165, 1.54) is 4.52 Å². The number of piperidine rings is 1. The molecule has 1 fully saturated rings. The minimum atomic E-state index is -0.226. The Kier molecular flexibility index (Phi) is 3.75. The molecule has 1 atom stereocenters. The Morgan fingerprint density at radius 2 is 2.16 bits per heavy atom. The lowest BCUT2D eigenvalue weighted by Gasteiger charge is -2.31. The van der Waals surface area contributed by atoms with Gasteiger partial charge in [-0.3, -0.25) is 9.59 Å². The van der Waals surface area contributed by atoms with Gasteiger partial charge in [0, 0.05) is 44.6 Å². The molecule has 1 aliphatic heterocycles. The second-order valence-corrected chi connectivity index (χ2v) is 6.22. The summed E-state index contributed by atoms with van der Waals surface area (Å²) in [6.07, 6.45) is 6.53. The summed E-state index contributed by atoms with van der Waals surface area (Å²) >= 11 is 0. The number of ketones is 1. The summed E-state index contributed by atoms with van der Waals surface area (Å²) in [4.78, 5) is 31.3. The Balaban J connectivity index is 1.53. The molecule has 4 rings (SSSR count). The molecule has 9 nitrogen and oxygen atoms in total. The number of imidazole rings is 1. The van der Waals surface area contributed by atoms with Gasteiger partial charge in [0.25, 0.3) is 5.91 Å². The summed E-state index contributed by atoms with van der Waals surface area (Å²) < 4.78 is 3.18. The van der Waals surface area contributed by atoms with Gasteiger partial charge in [0.15, 0.2) is 11.5 Å². The van der Waals surface area contributed by atoms with Gasteiger partial charge >= 0.3 is 0 Å². The summed E-state index contributed by atoms with van der Waals surface area (Å²) in [6, 6.07) is 3.41. The second-order valence-electron chi connectivity index (χ2n) is 6.22. The van der Waals surface area contributed by atoms with Crippen LogP contribution < -0.4 is 0 Å². The number of aryl methyl sites for hydroxylation is 1. The third-order valence-corrected chi connectivity index (χ3v) is 4.56. The van der Waals surface area contributed by atoms with Gasteiger partial charge in [-0.05, 0) is 35.4 Å². The topological polar surface area (TPSA) is 98.3 Å². The number of amides is 1. The van der Waals surface area contributed by atoms with E-state index in [-0.39, 0.29) is 17.6 Å². The van der Waals surface area contributed by atoms with Crippen molar-refractivity contribution in [1.29, 1.82) is 0 Å². The highest BCUT2D eigenvalue weighted by atomic mass is 16.2. The van der Waals surface area contributed by atoms with E-state index in [4.69, 9.17) is 0 Å². The smallest absolute Gasteiger partial charge is 0.255 e. The van der Waals surface area contributed by atoms with E-state index in [0.717, 1.165) is 12.8 Å². The predicted octanol–water partition coefficient (Wildman–Crippen LogP) is 0.593. The zero-order valence-corrected chi connectivity index (χ0v) is 13.7. The third-order valence-electron chi connectivity index (χ3n) is 4.56. The summed E-state index contributed by atoms with van der Waals surface area (Å²) in [6.45, 7) is 1.04. The van der Waals surface area contributed by atoms with Crippen molar-refractivity contribution in [3.05, 3.63) is 42.1 Å². The van der Waals surface area contributed by atoms with Crippen molar-refractivity contribution in [2.75, 3.05) is 13.1 Å². The largest absolute Gasteiger partial charge is 0.338 e. The maximum absolute atomic E-state index is 12.8. The van der Waals surface area contributed by atoms with E-state index in [1.54, 1.807) is 47.2 Å². The van der Waals surface area contributed by atoms with Crippen LogP contribution in [0.25, 0.3) is 5.65 Å². The molecule has 0 aromatic carbocycles. The molecule has 0 spiro atoms. The molecule has 0 saturated carbocycles. The minimum absolute atomic E-state index is 0.0130. The second kappa shape index (κ2) is 6.08. The molecule has 3 aromatic rings. The van der Waals surface area contributed by atoms with E-state index in [1.807, 2.05) is 0 Å². The van der Waals surface area contributed by atoms with E-state index in [0.29, 0.717) is 30.1 Å². The monoisotopic (exact) mass is 339 g/mol. The lowest BCUT2D eigenvalue weighted by atomic mass is 9.93. The number of nitrogens with zero attached hydrogens (tertiary/aromatic N) is 7. The van der Waals surface area contributed by atoms with Crippen molar-refractivity contribution in [2.45, 2.75) is 12.8 Å². The van der Waals surface area contributed by atoms with E-state index in [9.17, 15) is 9.59 Å². The number of rotatable bonds is 3. The maximum Gasteiger partial charge on any atom is 0.255 e. The van der Waals surface area contributed by atoms with Crippen LogP contribution in [0.1, 0.15) is 33.8 Å². The summed E-state index contributed by atoms with van der Waals surface area (Å²) in [7, 11) is 1.80. The fourth-order valence-corrected chi connectivity index (χ4v) is 3.21. The van der Waals surface area contributed by atoms with E-state index < -0.39 is 0 Å². The van der Waals surface area contributed by atoms with Gasteiger partial charge in [0.2, 0.25) is 5.78 Å². The maximum atomic E-state index is 12.8. The van der Waals surface area contributed by atoms with Gasteiger partial charge in [0.1, 0.15) is 0 Å². The Hall–Kier alpha value is -3.10. The van der Waals surface area contributed by atoms with E-state index >= 15 is 0 Å². The number of carbonyl (C=O) groups is 2. The molecule has 4 heterocycles. The molecule has 9 heteroatoms. The van der Waals surface area contributed by atoms with Gasteiger partial charge in [0.05, 0.1) is 5.56 Å². The van der Waals surface area contributed by atoms with E-state index in [2.05, 4.69) is 20.5 Å². The first-order valence-corrected chi connectivity index (χ1v) is 8.12. The van der Waals surface area contributed by atoms with Crippen molar-refractivity contribution in [3.8, 4) is 0 Å². The third kappa shape index (κ3) is 2.77.